The number of rotatable bonds is 8. The minimum atomic E-state index is 0. The summed E-state index contributed by atoms with van der Waals surface area (Å²) in [4.78, 5) is 8.56. The third-order valence-electron chi connectivity index (χ3n) is 6.26. The first-order valence-electron chi connectivity index (χ1n) is 13.2. The van der Waals surface area contributed by atoms with Crippen molar-refractivity contribution in [2.24, 2.45) is 9.98 Å². The molecule has 222 valence electrons. The van der Waals surface area contributed by atoms with Gasteiger partial charge in [0.2, 0.25) is 11.8 Å². The Morgan fingerprint density at radius 2 is 1.02 bits per heavy atom. The van der Waals surface area contributed by atoms with Crippen molar-refractivity contribution in [2.45, 2.75) is 26.9 Å². The monoisotopic (exact) mass is 620 g/mol. The number of aliphatic imine (C=N–C) groups is 2. The van der Waals surface area contributed by atoms with Gasteiger partial charge in [-0.05, 0) is 62.4 Å². The molecule has 0 bridgehead atoms. The van der Waals surface area contributed by atoms with Crippen LogP contribution in [0.4, 0.5) is 0 Å². The Labute approximate surface area is 258 Å². The maximum atomic E-state index is 10.3. The number of nitrogens with zero attached hydrogens (tertiary/aromatic N) is 6. The average molecular weight is 621 g/mol. The normalized spacial score (nSPS) is 11.0. The summed E-state index contributed by atoms with van der Waals surface area (Å²) in [5.41, 5.74) is 4.29. The predicted octanol–water partition coefficient (Wildman–Crippen LogP) is 6.19. The molecule has 0 aliphatic carbocycles. The smallest absolute Gasteiger partial charge is 0.223 e. The number of aryl methyl sites for hydroxylation is 2. The first-order valence-corrected chi connectivity index (χ1v) is 13.2. The van der Waals surface area contributed by atoms with Crippen molar-refractivity contribution in [3.05, 3.63) is 131 Å². The summed E-state index contributed by atoms with van der Waals surface area (Å²) in [6.45, 7) is 4.55. The quantitative estimate of drug-likeness (QED) is 0.154. The summed E-state index contributed by atoms with van der Waals surface area (Å²) in [7, 11) is 0. The zero-order chi connectivity index (χ0) is 29.3. The first kappa shape index (κ1) is 30.8. The fourth-order valence-corrected chi connectivity index (χ4v) is 4.11. The van der Waals surface area contributed by atoms with Gasteiger partial charge in [0.15, 0.2) is 0 Å². The number of hydrogen-bond acceptors (Lipinski definition) is 8. The zero-order valence-electron chi connectivity index (χ0n) is 23.5. The van der Waals surface area contributed by atoms with Gasteiger partial charge in [0.05, 0.1) is 59.5 Å². The second kappa shape index (κ2) is 14.7. The van der Waals surface area contributed by atoms with E-state index in [4.69, 9.17) is 8.83 Å². The molecular formula is C32H30N6NiO4. The van der Waals surface area contributed by atoms with Gasteiger partial charge in [-0.3, -0.25) is 9.98 Å². The second-order valence-corrected chi connectivity index (χ2v) is 9.24. The molecule has 4 aromatic heterocycles. The van der Waals surface area contributed by atoms with Crippen LogP contribution in [0.15, 0.2) is 116 Å². The van der Waals surface area contributed by atoms with Crippen LogP contribution in [0.3, 0.4) is 0 Å². The molecular weight excluding hydrogens is 591 g/mol. The predicted molar refractivity (Wildman–Crippen MR) is 160 cm³/mol. The van der Waals surface area contributed by atoms with Crippen molar-refractivity contribution in [3.8, 4) is 23.1 Å². The Morgan fingerprint density at radius 3 is 1.37 bits per heavy atom. The fraction of sp³-hybridized carbons (Fsp3) is 0.125. The van der Waals surface area contributed by atoms with Crippen LogP contribution in [0.2, 0.25) is 0 Å². The van der Waals surface area contributed by atoms with Crippen molar-refractivity contribution in [2.75, 3.05) is 0 Å². The van der Waals surface area contributed by atoms with Gasteiger partial charge in [0, 0.05) is 28.9 Å². The molecule has 0 unspecified atom stereocenters. The van der Waals surface area contributed by atoms with Gasteiger partial charge in [-0.1, -0.05) is 36.4 Å². The summed E-state index contributed by atoms with van der Waals surface area (Å²) in [5, 5.41) is 29.3. The van der Waals surface area contributed by atoms with E-state index in [0.717, 1.165) is 34.3 Å². The second-order valence-electron chi connectivity index (χ2n) is 9.24. The van der Waals surface area contributed by atoms with E-state index in [0.29, 0.717) is 24.2 Å². The third-order valence-corrected chi connectivity index (χ3v) is 6.26. The standard InChI is InChI=1S/2C16H15N3O2.Ni/c2*1-12-15(11-17-10-14-8-5-9-21-14)16(20)19(18-12)13-6-3-2-4-7-13;/h2*2-9,11,20H,10H2,1H3;. The number of aromatic hydroxyl groups is 2. The minimum Gasteiger partial charge on any atom is -0.493 e. The van der Waals surface area contributed by atoms with Crippen LogP contribution in [-0.4, -0.2) is 42.2 Å². The van der Waals surface area contributed by atoms with Crippen LogP contribution in [0.25, 0.3) is 11.4 Å². The zero-order valence-corrected chi connectivity index (χ0v) is 24.5. The van der Waals surface area contributed by atoms with Crippen molar-refractivity contribution < 1.29 is 35.5 Å². The van der Waals surface area contributed by atoms with Crippen LogP contribution >= 0.6 is 0 Å². The van der Waals surface area contributed by atoms with E-state index in [1.807, 2.05) is 98.8 Å². The Hall–Kier alpha value is -5.15. The molecule has 0 aliphatic rings. The van der Waals surface area contributed by atoms with E-state index in [2.05, 4.69) is 20.2 Å². The van der Waals surface area contributed by atoms with E-state index in [1.54, 1.807) is 25.0 Å². The van der Waals surface area contributed by atoms with Crippen LogP contribution < -0.4 is 0 Å². The van der Waals surface area contributed by atoms with Crippen molar-refractivity contribution in [3.63, 3.8) is 0 Å². The molecule has 0 aliphatic heterocycles. The molecule has 11 heteroatoms. The van der Waals surface area contributed by atoms with Crippen LogP contribution in [0, 0.1) is 13.8 Å². The molecule has 10 nitrogen and oxygen atoms in total. The molecule has 0 fully saturated rings. The maximum Gasteiger partial charge on any atom is 0.223 e. The van der Waals surface area contributed by atoms with E-state index in [-0.39, 0.29) is 28.3 Å². The molecule has 0 saturated heterocycles. The van der Waals surface area contributed by atoms with Gasteiger partial charge in [-0.15, -0.1) is 0 Å². The van der Waals surface area contributed by atoms with E-state index < -0.39 is 0 Å². The van der Waals surface area contributed by atoms with Gasteiger partial charge in [0.25, 0.3) is 0 Å². The van der Waals surface area contributed by atoms with Gasteiger partial charge >= 0.3 is 0 Å². The van der Waals surface area contributed by atoms with Crippen LogP contribution in [-0.2, 0) is 29.6 Å². The van der Waals surface area contributed by atoms with E-state index in [1.165, 1.54) is 9.36 Å². The van der Waals surface area contributed by atoms with Gasteiger partial charge in [-0.2, -0.15) is 10.2 Å². The maximum absolute atomic E-state index is 10.3. The van der Waals surface area contributed by atoms with Crippen LogP contribution in [0.1, 0.15) is 34.0 Å². The van der Waals surface area contributed by atoms with E-state index >= 15 is 0 Å². The first-order chi connectivity index (χ1) is 20.5. The molecule has 2 N–H and O–H groups in total. The molecule has 6 rings (SSSR count). The van der Waals surface area contributed by atoms with Crippen molar-refractivity contribution in [1.82, 2.24) is 19.6 Å². The number of furan rings is 2. The summed E-state index contributed by atoms with van der Waals surface area (Å²) in [6, 6.07) is 26.3. The molecule has 0 amide bonds. The summed E-state index contributed by atoms with van der Waals surface area (Å²) < 4.78 is 13.4. The Balaban J connectivity index is 0.000000192. The Kier molecular flexibility index (Phi) is 10.5. The molecule has 0 spiro atoms. The van der Waals surface area contributed by atoms with Gasteiger partial charge < -0.3 is 19.0 Å². The molecule has 2 aromatic carbocycles. The Morgan fingerprint density at radius 1 is 0.628 bits per heavy atom. The summed E-state index contributed by atoms with van der Waals surface area (Å²) in [5.74, 6) is 1.72. The van der Waals surface area contributed by atoms with E-state index in [9.17, 15) is 10.2 Å². The molecule has 0 radical (unpaired) electrons. The topological polar surface area (TPSA) is 127 Å². The molecule has 4 heterocycles. The van der Waals surface area contributed by atoms with Crippen molar-refractivity contribution in [1.29, 1.82) is 0 Å². The molecule has 6 aromatic rings. The SMILES string of the molecule is Cc1nn(-c2ccccc2)c(O)c1C=NCc1ccco1.Cc1nn(-c2ccccc2)c(O)c1C=NCc1ccco1.[Ni]. The van der Waals surface area contributed by atoms with Gasteiger partial charge in [-0.25, -0.2) is 9.36 Å². The minimum absolute atomic E-state index is 0. The number of hydrogen-bond donors (Lipinski definition) is 2. The molecule has 0 atom stereocenters. The summed E-state index contributed by atoms with van der Waals surface area (Å²) in [6.07, 6.45) is 6.47. The fourth-order valence-electron chi connectivity index (χ4n) is 4.11. The number of benzene rings is 2. The van der Waals surface area contributed by atoms with Crippen LogP contribution in [0.5, 0.6) is 11.8 Å². The van der Waals surface area contributed by atoms with Crippen molar-refractivity contribution >= 4 is 12.4 Å². The Bertz CT molecular complexity index is 1630. The molecule has 0 saturated carbocycles. The number of aromatic nitrogens is 4. The molecule has 43 heavy (non-hydrogen) atoms. The van der Waals surface area contributed by atoms with Gasteiger partial charge in [0.1, 0.15) is 11.5 Å². The largest absolute Gasteiger partial charge is 0.493 e. The average Bonchev–Trinajstić information content (AvgIpc) is 3.82. The summed E-state index contributed by atoms with van der Waals surface area (Å²) >= 11 is 0. The number of para-hydroxylation sites is 2. The third kappa shape index (κ3) is 7.58.